The molecule has 0 saturated heterocycles. The summed E-state index contributed by atoms with van der Waals surface area (Å²) < 4.78 is 2.62. The van der Waals surface area contributed by atoms with Crippen molar-refractivity contribution in [3.63, 3.8) is 0 Å². The van der Waals surface area contributed by atoms with Crippen LogP contribution in [-0.4, -0.2) is 0 Å². The fourth-order valence-electron chi connectivity index (χ4n) is 9.20. The molecule has 1 aliphatic carbocycles. The number of anilines is 3. The Balaban J connectivity index is 0.968. The van der Waals surface area contributed by atoms with Gasteiger partial charge in [-0.05, 0) is 110 Å². The van der Waals surface area contributed by atoms with Gasteiger partial charge < -0.3 is 4.90 Å². The molecule has 1 aliphatic rings. The van der Waals surface area contributed by atoms with Gasteiger partial charge in [-0.2, -0.15) is 0 Å². The molecule has 1 nitrogen and oxygen atoms in total. The minimum absolute atomic E-state index is 0.199. The van der Waals surface area contributed by atoms with Crippen LogP contribution >= 0.6 is 11.3 Å². The standard InChI is InChI=1S/C57H41NS/c1-57(2)52-35-44(42-27-25-41(26-28-42)40-23-21-39(22-24-40)38-13-5-3-6-14-38)29-32-48(52)49-33-30-46(37-53(49)57)58(54-19-11-9-17-47(54)43-15-7-4-8-16-43)45-31-34-56-51(36-45)50-18-10-12-20-55(50)59-56/h3-37H,1-2H3. The maximum atomic E-state index is 2.47. The number of rotatable bonds is 7. The third kappa shape index (κ3) is 6.07. The lowest BCUT2D eigenvalue weighted by Crippen LogP contribution is -2.17. The van der Waals surface area contributed by atoms with Crippen molar-refractivity contribution in [3.8, 4) is 55.6 Å². The maximum Gasteiger partial charge on any atom is 0.0540 e. The Morgan fingerprint density at radius 3 is 1.51 bits per heavy atom. The average molecular weight is 772 g/mol. The smallest absolute Gasteiger partial charge is 0.0540 e. The summed E-state index contributed by atoms with van der Waals surface area (Å²) in [7, 11) is 0. The van der Waals surface area contributed by atoms with Crippen molar-refractivity contribution < 1.29 is 0 Å². The van der Waals surface area contributed by atoms with E-state index in [0.717, 1.165) is 17.1 Å². The van der Waals surface area contributed by atoms with Crippen LogP contribution in [0.25, 0.3) is 75.8 Å². The van der Waals surface area contributed by atoms with Crippen molar-refractivity contribution in [2.45, 2.75) is 19.3 Å². The molecule has 0 spiro atoms. The van der Waals surface area contributed by atoms with Crippen LogP contribution in [0.5, 0.6) is 0 Å². The van der Waals surface area contributed by atoms with Crippen LogP contribution in [0.15, 0.2) is 212 Å². The SMILES string of the molecule is CC1(C)c2cc(-c3ccc(-c4ccc(-c5ccccc5)cc4)cc3)ccc2-c2ccc(N(c3ccc4sc5ccccc5c4c3)c3ccccc3-c3ccccc3)cc21. The number of fused-ring (bicyclic) bond motifs is 6. The lowest BCUT2D eigenvalue weighted by molar-refractivity contribution is 0.660. The zero-order valence-corrected chi connectivity index (χ0v) is 33.9. The van der Waals surface area contributed by atoms with Gasteiger partial charge in [0.1, 0.15) is 0 Å². The molecule has 1 heterocycles. The van der Waals surface area contributed by atoms with Crippen molar-refractivity contribution in [2.75, 3.05) is 4.90 Å². The molecule has 0 saturated carbocycles. The van der Waals surface area contributed by atoms with Crippen molar-refractivity contribution in [2.24, 2.45) is 0 Å². The number of para-hydroxylation sites is 1. The third-order valence-electron chi connectivity index (χ3n) is 12.3. The fourth-order valence-corrected chi connectivity index (χ4v) is 10.3. The van der Waals surface area contributed by atoms with E-state index in [9.17, 15) is 0 Å². The fraction of sp³-hybridized carbons (Fsp3) is 0.0526. The van der Waals surface area contributed by atoms with Gasteiger partial charge in [0.05, 0.1) is 5.69 Å². The summed E-state index contributed by atoms with van der Waals surface area (Å²) in [6, 6.07) is 78.0. The van der Waals surface area contributed by atoms with E-state index in [0.29, 0.717) is 0 Å². The summed E-state index contributed by atoms with van der Waals surface area (Å²) in [4.78, 5) is 2.47. The van der Waals surface area contributed by atoms with Crippen LogP contribution in [0, 0.1) is 0 Å². The van der Waals surface area contributed by atoms with Gasteiger partial charge in [-0.1, -0.05) is 178 Å². The van der Waals surface area contributed by atoms with Gasteiger partial charge in [0.15, 0.2) is 0 Å². The second kappa shape index (κ2) is 14.1. The Hall–Kier alpha value is -7.00. The molecular formula is C57H41NS. The van der Waals surface area contributed by atoms with E-state index in [1.807, 2.05) is 11.3 Å². The van der Waals surface area contributed by atoms with Crippen molar-refractivity contribution >= 4 is 48.6 Å². The summed E-state index contributed by atoms with van der Waals surface area (Å²) in [6.07, 6.45) is 0. The Morgan fingerprint density at radius 1 is 0.339 bits per heavy atom. The first-order valence-corrected chi connectivity index (χ1v) is 21.2. The molecule has 0 aliphatic heterocycles. The average Bonchev–Trinajstić information content (AvgIpc) is 3.78. The highest BCUT2D eigenvalue weighted by atomic mass is 32.1. The Bertz CT molecular complexity index is 3160. The molecule has 2 heteroatoms. The molecule has 1 aromatic heterocycles. The van der Waals surface area contributed by atoms with Gasteiger partial charge in [-0.25, -0.2) is 0 Å². The van der Waals surface area contributed by atoms with Gasteiger partial charge in [0, 0.05) is 42.5 Å². The summed E-state index contributed by atoms with van der Waals surface area (Å²) in [5.74, 6) is 0. The molecule has 280 valence electrons. The molecule has 0 unspecified atom stereocenters. The van der Waals surface area contributed by atoms with Gasteiger partial charge in [0.25, 0.3) is 0 Å². The Kier molecular flexibility index (Phi) is 8.43. The number of nitrogens with zero attached hydrogens (tertiary/aromatic N) is 1. The second-order valence-electron chi connectivity index (χ2n) is 16.1. The van der Waals surface area contributed by atoms with Crippen LogP contribution in [0.1, 0.15) is 25.0 Å². The zero-order chi connectivity index (χ0) is 39.5. The van der Waals surface area contributed by atoms with E-state index in [2.05, 4.69) is 231 Å². The van der Waals surface area contributed by atoms with Gasteiger partial charge >= 0.3 is 0 Å². The molecule has 0 bridgehead atoms. The predicted molar refractivity (Wildman–Crippen MR) is 253 cm³/mol. The van der Waals surface area contributed by atoms with E-state index < -0.39 is 0 Å². The molecule has 0 atom stereocenters. The number of hydrogen-bond donors (Lipinski definition) is 0. The highest BCUT2D eigenvalue weighted by Crippen LogP contribution is 2.52. The lowest BCUT2D eigenvalue weighted by atomic mass is 9.81. The molecule has 0 radical (unpaired) electrons. The quantitative estimate of drug-likeness (QED) is 0.156. The summed E-state index contributed by atoms with van der Waals surface area (Å²) in [5.41, 5.74) is 18.4. The van der Waals surface area contributed by atoms with Crippen LogP contribution in [-0.2, 0) is 5.41 Å². The topological polar surface area (TPSA) is 3.24 Å². The highest BCUT2D eigenvalue weighted by molar-refractivity contribution is 7.25. The molecule has 0 N–H and O–H groups in total. The minimum atomic E-state index is -0.199. The van der Waals surface area contributed by atoms with E-state index in [1.54, 1.807) is 0 Å². The van der Waals surface area contributed by atoms with E-state index in [1.165, 1.54) is 86.9 Å². The van der Waals surface area contributed by atoms with E-state index in [-0.39, 0.29) is 5.41 Å². The minimum Gasteiger partial charge on any atom is -0.310 e. The zero-order valence-electron chi connectivity index (χ0n) is 33.1. The molecule has 59 heavy (non-hydrogen) atoms. The van der Waals surface area contributed by atoms with E-state index in [4.69, 9.17) is 0 Å². The van der Waals surface area contributed by atoms with Crippen molar-refractivity contribution in [3.05, 3.63) is 223 Å². The summed E-state index contributed by atoms with van der Waals surface area (Å²) in [5, 5.41) is 2.60. The number of thiophene rings is 1. The largest absolute Gasteiger partial charge is 0.310 e. The summed E-state index contributed by atoms with van der Waals surface area (Å²) >= 11 is 1.86. The first-order chi connectivity index (χ1) is 29.0. The normalized spacial score (nSPS) is 12.7. The first kappa shape index (κ1) is 35.2. The molecule has 10 aromatic rings. The second-order valence-corrected chi connectivity index (χ2v) is 17.2. The number of benzene rings is 9. The van der Waals surface area contributed by atoms with Crippen molar-refractivity contribution in [1.82, 2.24) is 0 Å². The van der Waals surface area contributed by atoms with Crippen LogP contribution in [0.4, 0.5) is 17.1 Å². The first-order valence-electron chi connectivity index (χ1n) is 20.4. The van der Waals surface area contributed by atoms with Crippen LogP contribution in [0.2, 0.25) is 0 Å². The van der Waals surface area contributed by atoms with Crippen molar-refractivity contribution in [1.29, 1.82) is 0 Å². The molecule has 0 amide bonds. The van der Waals surface area contributed by atoms with Crippen LogP contribution < -0.4 is 4.90 Å². The monoisotopic (exact) mass is 771 g/mol. The number of hydrogen-bond acceptors (Lipinski definition) is 2. The van der Waals surface area contributed by atoms with Gasteiger partial charge in [-0.3, -0.25) is 0 Å². The molecule has 11 rings (SSSR count). The van der Waals surface area contributed by atoms with Gasteiger partial charge in [0.2, 0.25) is 0 Å². The third-order valence-corrected chi connectivity index (χ3v) is 13.5. The lowest BCUT2D eigenvalue weighted by Gasteiger charge is -2.30. The molecular weight excluding hydrogens is 731 g/mol. The molecule has 9 aromatic carbocycles. The van der Waals surface area contributed by atoms with E-state index >= 15 is 0 Å². The predicted octanol–water partition coefficient (Wildman–Crippen LogP) is 16.5. The van der Waals surface area contributed by atoms with Crippen LogP contribution in [0.3, 0.4) is 0 Å². The van der Waals surface area contributed by atoms with Gasteiger partial charge in [-0.15, -0.1) is 11.3 Å². The summed E-state index contributed by atoms with van der Waals surface area (Å²) in [6.45, 7) is 4.78. The Labute approximate surface area is 350 Å². The maximum absolute atomic E-state index is 2.47. The highest BCUT2D eigenvalue weighted by Gasteiger charge is 2.36. The molecule has 0 fully saturated rings. The Morgan fingerprint density at radius 2 is 0.814 bits per heavy atom.